The summed E-state index contributed by atoms with van der Waals surface area (Å²) < 4.78 is 27.2. The molecule has 1 N–H and O–H groups in total. The molecule has 1 saturated heterocycles. The summed E-state index contributed by atoms with van der Waals surface area (Å²) in [4.78, 5) is 32.0. The monoisotopic (exact) mass is 625 g/mol. The first kappa shape index (κ1) is 28.0. The lowest BCUT2D eigenvalue weighted by Crippen LogP contribution is -2.51. The molecule has 39 heavy (non-hydrogen) atoms. The van der Waals surface area contributed by atoms with Gasteiger partial charge in [0.05, 0.1) is 10.7 Å². The van der Waals surface area contributed by atoms with Crippen molar-refractivity contribution in [1.29, 1.82) is 0 Å². The number of hydrogen-bond acceptors (Lipinski definition) is 7. The molecule has 3 aliphatic heterocycles. The van der Waals surface area contributed by atoms with E-state index in [0.717, 1.165) is 28.5 Å². The molecule has 212 valence electrons. The number of rotatable bonds is 3. The molecule has 3 heterocycles. The summed E-state index contributed by atoms with van der Waals surface area (Å²) in [7, 11) is 1.58. The summed E-state index contributed by atoms with van der Waals surface area (Å²) in [5, 5.41) is 5.99. The number of likely N-dealkylation sites (tertiary alicyclic amines) is 1. The number of nitrogens with zero attached hydrogens (tertiary/aromatic N) is 4. The van der Waals surface area contributed by atoms with Crippen molar-refractivity contribution in [1.82, 2.24) is 20.2 Å². The van der Waals surface area contributed by atoms with Gasteiger partial charge < -0.3 is 19.7 Å². The van der Waals surface area contributed by atoms with Crippen molar-refractivity contribution in [2.24, 2.45) is 10.4 Å². The molecule has 2 fully saturated rings. The van der Waals surface area contributed by atoms with Crippen LogP contribution in [0.4, 0.5) is 14.0 Å². The molecule has 2 amide bonds. The Morgan fingerprint density at radius 3 is 2.54 bits per heavy atom. The highest BCUT2D eigenvalue weighted by molar-refractivity contribution is 9.12. The Morgan fingerprint density at radius 1 is 1.23 bits per heavy atom. The Balaban J connectivity index is 1.42. The number of fused-ring (bicyclic) bond motifs is 2. The minimum Gasteiger partial charge on any atom is -0.444 e. The molecule has 12 heteroatoms. The standard InChI is InChI=1S/C27H34BrClFN5O4/c1-25(2,3)38-23(36)32-17-11-27(17)8-9-34(13-27)21-19-16(10-15(30)20(21)29)35(22-18(19)14(28)12-31-22)33(7)24(37)39-26(4,5)6/h10,12,16-17H,8-9,11,13H2,1-7H3,(H,32,36)/t16?,17-,27+/m1/s1. The van der Waals surface area contributed by atoms with Crippen LogP contribution in [0.2, 0.25) is 0 Å². The largest absolute Gasteiger partial charge is 0.444 e. The number of allylic oxidation sites excluding steroid dienone is 2. The number of nitrogens with one attached hydrogen (secondary N) is 1. The van der Waals surface area contributed by atoms with E-state index in [0.29, 0.717) is 24.6 Å². The first-order valence-electron chi connectivity index (χ1n) is 13.0. The SMILES string of the molecule is CN(C(=O)OC(C)(C)C)N1C2=NC=C(Br)C2=C2C(N3CC[C@]4(C[C@H]4NC(=O)OC(C)(C)C)C3)=C(Cl)C(F)=CC21. The zero-order valence-electron chi connectivity index (χ0n) is 23.2. The second-order valence-electron chi connectivity index (χ2n) is 12.6. The third-order valence-electron chi connectivity index (χ3n) is 7.35. The van der Waals surface area contributed by atoms with Gasteiger partial charge in [-0.05, 0) is 76.4 Å². The molecule has 0 aromatic carbocycles. The summed E-state index contributed by atoms with van der Waals surface area (Å²) in [5.74, 6) is -0.0580. The molecule has 0 radical (unpaired) electrons. The van der Waals surface area contributed by atoms with Crippen LogP contribution in [0, 0.1) is 5.41 Å². The van der Waals surface area contributed by atoms with Gasteiger partial charge in [-0.25, -0.2) is 24.0 Å². The number of halogens is 3. The van der Waals surface area contributed by atoms with Crippen molar-refractivity contribution in [3.8, 4) is 0 Å². The summed E-state index contributed by atoms with van der Waals surface area (Å²) in [6, 6.07) is -0.677. The van der Waals surface area contributed by atoms with Crippen molar-refractivity contribution >= 4 is 45.6 Å². The number of hydrazine groups is 1. The number of amidine groups is 1. The van der Waals surface area contributed by atoms with Crippen LogP contribution >= 0.6 is 27.5 Å². The molecule has 1 spiro atoms. The fourth-order valence-corrected chi connectivity index (χ4v) is 6.40. The number of ether oxygens (including phenoxy) is 2. The van der Waals surface area contributed by atoms with Crippen LogP contribution in [-0.2, 0) is 9.47 Å². The highest BCUT2D eigenvalue weighted by Crippen LogP contribution is 2.56. The first-order valence-corrected chi connectivity index (χ1v) is 14.1. The van der Waals surface area contributed by atoms with E-state index in [-0.39, 0.29) is 16.5 Å². The van der Waals surface area contributed by atoms with Crippen LogP contribution in [0.5, 0.6) is 0 Å². The molecule has 5 rings (SSSR count). The molecule has 1 unspecified atom stereocenters. The summed E-state index contributed by atoms with van der Waals surface area (Å²) in [6.45, 7) is 12.1. The van der Waals surface area contributed by atoms with Gasteiger partial charge in [0.2, 0.25) is 0 Å². The van der Waals surface area contributed by atoms with E-state index in [1.54, 1.807) is 39.0 Å². The van der Waals surface area contributed by atoms with Gasteiger partial charge >= 0.3 is 12.2 Å². The van der Waals surface area contributed by atoms with Gasteiger partial charge in [0.1, 0.15) is 23.1 Å². The van der Waals surface area contributed by atoms with Crippen LogP contribution in [0.1, 0.15) is 54.4 Å². The van der Waals surface area contributed by atoms with Gasteiger partial charge in [0, 0.05) is 53.4 Å². The van der Waals surface area contributed by atoms with Crippen LogP contribution in [0.3, 0.4) is 0 Å². The molecule has 0 aromatic rings. The third kappa shape index (κ3) is 5.08. The van der Waals surface area contributed by atoms with Crippen molar-refractivity contribution in [3.05, 3.63) is 44.5 Å². The van der Waals surface area contributed by atoms with Gasteiger partial charge in [-0.2, -0.15) is 0 Å². The van der Waals surface area contributed by atoms with E-state index in [1.165, 1.54) is 11.1 Å². The Hall–Kier alpha value is -2.53. The zero-order valence-corrected chi connectivity index (χ0v) is 25.5. The second kappa shape index (κ2) is 9.26. The Labute approximate surface area is 241 Å². The maximum absolute atomic E-state index is 15.4. The minimum absolute atomic E-state index is 0.0245. The number of carbonyl (C=O) groups is 2. The molecule has 0 aromatic heterocycles. The highest BCUT2D eigenvalue weighted by Gasteiger charge is 2.60. The number of hydrogen-bond donors (Lipinski definition) is 1. The molecule has 3 atom stereocenters. The molecular weight excluding hydrogens is 593 g/mol. The Bertz CT molecular complexity index is 1290. The van der Waals surface area contributed by atoms with E-state index in [9.17, 15) is 9.59 Å². The van der Waals surface area contributed by atoms with Crippen molar-refractivity contribution in [2.75, 3.05) is 20.1 Å². The molecular formula is C27H34BrClFN5O4. The molecule has 0 bridgehead atoms. The topological polar surface area (TPSA) is 86.7 Å². The second-order valence-corrected chi connectivity index (χ2v) is 13.9. The predicted molar refractivity (Wildman–Crippen MR) is 150 cm³/mol. The maximum Gasteiger partial charge on any atom is 0.429 e. The van der Waals surface area contributed by atoms with Crippen molar-refractivity contribution in [2.45, 2.75) is 77.7 Å². The fourth-order valence-electron chi connectivity index (χ4n) is 5.63. The fraction of sp³-hybridized carbons (Fsp3) is 0.593. The van der Waals surface area contributed by atoms with Crippen LogP contribution < -0.4 is 5.32 Å². The number of carbonyl (C=O) groups excluding carboxylic acids is 2. The average molecular weight is 627 g/mol. The smallest absolute Gasteiger partial charge is 0.429 e. The maximum atomic E-state index is 15.4. The van der Waals surface area contributed by atoms with Gasteiger partial charge in [-0.1, -0.05) is 11.6 Å². The predicted octanol–water partition coefficient (Wildman–Crippen LogP) is 5.70. The third-order valence-corrected chi connectivity index (χ3v) is 8.31. The first-order chi connectivity index (χ1) is 18.0. The Kier molecular flexibility index (Phi) is 6.65. The average Bonchev–Trinajstić information content (AvgIpc) is 3.08. The number of amides is 2. The van der Waals surface area contributed by atoms with E-state index >= 15 is 4.39 Å². The van der Waals surface area contributed by atoms with Gasteiger partial charge in [0.15, 0.2) is 5.84 Å². The van der Waals surface area contributed by atoms with Crippen LogP contribution in [0.15, 0.2) is 49.5 Å². The summed E-state index contributed by atoms with van der Waals surface area (Å²) in [6.07, 6.45) is 3.68. The molecule has 2 aliphatic carbocycles. The lowest BCUT2D eigenvalue weighted by atomic mass is 9.95. The molecule has 5 aliphatic rings. The Morgan fingerprint density at radius 2 is 1.90 bits per heavy atom. The lowest BCUT2D eigenvalue weighted by molar-refractivity contribution is -0.0120. The van der Waals surface area contributed by atoms with Crippen molar-refractivity contribution < 1.29 is 23.5 Å². The molecule has 9 nitrogen and oxygen atoms in total. The van der Waals surface area contributed by atoms with Gasteiger partial charge in [-0.15, -0.1) is 0 Å². The summed E-state index contributed by atoms with van der Waals surface area (Å²) in [5.41, 5.74) is 0.684. The van der Waals surface area contributed by atoms with Gasteiger partial charge in [-0.3, -0.25) is 5.01 Å². The van der Waals surface area contributed by atoms with E-state index in [2.05, 4.69) is 31.1 Å². The van der Waals surface area contributed by atoms with E-state index in [4.69, 9.17) is 21.1 Å². The zero-order chi connectivity index (χ0) is 28.7. The molecule has 1 saturated carbocycles. The minimum atomic E-state index is -0.708. The van der Waals surface area contributed by atoms with E-state index < -0.39 is 35.3 Å². The quantitative estimate of drug-likeness (QED) is 0.432. The van der Waals surface area contributed by atoms with Gasteiger partial charge in [0.25, 0.3) is 0 Å². The summed E-state index contributed by atoms with van der Waals surface area (Å²) >= 11 is 10.3. The van der Waals surface area contributed by atoms with Crippen molar-refractivity contribution in [3.63, 3.8) is 0 Å². The lowest BCUT2D eigenvalue weighted by Gasteiger charge is -2.38. The van der Waals surface area contributed by atoms with Crippen LogP contribution in [-0.4, -0.2) is 76.4 Å². The highest BCUT2D eigenvalue weighted by atomic mass is 79.9. The normalized spacial score (nSPS) is 27.8. The number of alkyl carbamates (subject to hydrolysis) is 1. The van der Waals surface area contributed by atoms with Crippen LogP contribution in [0.25, 0.3) is 0 Å². The van der Waals surface area contributed by atoms with E-state index in [1.807, 2.05) is 20.8 Å². The number of aliphatic imine (C=N–C) groups is 1.